The normalized spacial score (nSPS) is 15.3. The topological polar surface area (TPSA) is 71.8 Å². The molecule has 35 heavy (non-hydrogen) atoms. The van der Waals surface area contributed by atoms with Crippen molar-refractivity contribution in [3.8, 4) is 0 Å². The summed E-state index contributed by atoms with van der Waals surface area (Å²) in [6, 6.07) is 3.41. The molecule has 1 fully saturated rings. The van der Waals surface area contributed by atoms with Crippen molar-refractivity contribution in [3.63, 3.8) is 0 Å². The van der Waals surface area contributed by atoms with E-state index in [1.165, 1.54) is 6.07 Å². The molecule has 2 aromatic heterocycles. The van der Waals surface area contributed by atoms with Crippen molar-refractivity contribution in [3.05, 3.63) is 61.6 Å². The maximum atomic E-state index is 15.4. The van der Waals surface area contributed by atoms with Gasteiger partial charge in [-0.2, -0.15) is 0 Å². The molecule has 190 valence electrons. The fourth-order valence-corrected chi connectivity index (χ4v) is 5.27. The molecule has 0 spiro atoms. The summed E-state index contributed by atoms with van der Waals surface area (Å²) in [4.78, 5) is 29.0. The van der Waals surface area contributed by atoms with Gasteiger partial charge in [-0.1, -0.05) is 27.7 Å². The Morgan fingerprint density at radius 3 is 2.11 bits per heavy atom. The number of hydrogen-bond acceptors (Lipinski definition) is 6. The minimum atomic E-state index is -0.688. The van der Waals surface area contributed by atoms with Crippen LogP contribution in [0.5, 0.6) is 0 Å². The van der Waals surface area contributed by atoms with E-state index in [1.54, 1.807) is 6.92 Å². The van der Waals surface area contributed by atoms with Gasteiger partial charge in [0, 0.05) is 48.9 Å². The van der Waals surface area contributed by atoms with E-state index in [2.05, 4.69) is 37.2 Å². The van der Waals surface area contributed by atoms with Gasteiger partial charge < -0.3 is 18.3 Å². The molecule has 0 radical (unpaired) electrons. The first-order chi connectivity index (χ1) is 16.5. The van der Waals surface area contributed by atoms with Gasteiger partial charge in [-0.15, -0.1) is 0 Å². The van der Waals surface area contributed by atoms with Crippen LogP contribution in [0, 0.1) is 12.7 Å². The van der Waals surface area contributed by atoms with Crippen molar-refractivity contribution in [1.29, 1.82) is 0 Å². The van der Waals surface area contributed by atoms with Crippen LogP contribution in [-0.2, 0) is 6.54 Å². The predicted octanol–water partition coefficient (Wildman–Crippen LogP) is 5.15. The molecule has 1 aliphatic rings. The molecule has 0 bridgehead atoms. The van der Waals surface area contributed by atoms with Crippen LogP contribution in [0.3, 0.4) is 0 Å². The Morgan fingerprint density at radius 2 is 1.60 bits per heavy atom. The maximum absolute atomic E-state index is 15.4. The average molecular weight is 486 g/mol. The SMILES string of the molecule is Cc1oc(=O)oc1CN1CCN(c2cc3c(cc2F)c(=O)c(C(C)C)c(C(C)C)n3C(C)C)CC1. The van der Waals surface area contributed by atoms with Crippen LogP contribution in [0.15, 0.2) is 30.6 Å². The Hall–Kier alpha value is -2.87. The van der Waals surface area contributed by atoms with Crippen molar-refractivity contribution in [2.24, 2.45) is 0 Å². The number of halogens is 1. The van der Waals surface area contributed by atoms with Crippen LogP contribution in [0.1, 0.15) is 82.2 Å². The number of nitrogens with zero attached hydrogens (tertiary/aromatic N) is 3. The quantitative estimate of drug-likeness (QED) is 0.481. The second-order valence-electron chi connectivity index (χ2n) is 10.4. The van der Waals surface area contributed by atoms with E-state index in [0.29, 0.717) is 55.3 Å². The smallest absolute Gasteiger partial charge is 0.396 e. The van der Waals surface area contributed by atoms with E-state index >= 15 is 4.39 Å². The number of pyridine rings is 1. The minimum Gasteiger partial charge on any atom is -0.396 e. The lowest BCUT2D eigenvalue weighted by atomic mass is 9.91. The number of fused-ring (bicyclic) bond motifs is 1. The van der Waals surface area contributed by atoms with E-state index in [-0.39, 0.29) is 29.1 Å². The van der Waals surface area contributed by atoms with Gasteiger partial charge in [0.05, 0.1) is 17.7 Å². The molecule has 0 saturated carbocycles. The van der Waals surface area contributed by atoms with Gasteiger partial charge >= 0.3 is 5.82 Å². The summed E-state index contributed by atoms with van der Waals surface area (Å²) < 4.78 is 27.8. The molecule has 1 aliphatic heterocycles. The third-order valence-corrected chi connectivity index (χ3v) is 6.91. The number of aryl methyl sites for hydroxylation is 1. The van der Waals surface area contributed by atoms with Crippen LogP contribution < -0.4 is 16.2 Å². The zero-order valence-corrected chi connectivity index (χ0v) is 21.8. The number of rotatable bonds is 6. The monoisotopic (exact) mass is 485 g/mol. The molecule has 0 N–H and O–H groups in total. The van der Waals surface area contributed by atoms with Crippen LogP contribution in [0.25, 0.3) is 10.9 Å². The van der Waals surface area contributed by atoms with Crippen molar-refractivity contribution < 1.29 is 13.2 Å². The lowest BCUT2D eigenvalue weighted by molar-refractivity contribution is 0.226. The summed E-state index contributed by atoms with van der Waals surface area (Å²) in [7, 11) is 0. The summed E-state index contributed by atoms with van der Waals surface area (Å²) in [5.41, 5.74) is 3.05. The zero-order valence-electron chi connectivity index (χ0n) is 21.8. The average Bonchev–Trinajstić information content (AvgIpc) is 3.09. The van der Waals surface area contributed by atoms with Crippen LogP contribution in [-0.4, -0.2) is 35.6 Å². The molecule has 1 aromatic carbocycles. The lowest BCUT2D eigenvalue weighted by Crippen LogP contribution is -2.46. The Bertz CT molecular complexity index is 1340. The summed E-state index contributed by atoms with van der Waals surface area (Å²) in [5.74, 6) is 0.174. The van der Waals surface area contributed by atoms with E-state index in [1.807, 2.05) is 24.8 Å². The summed E-state index contributed by atoms with van der Waals surface area (Å²) >= 11 is 0. The highest BCUT2D eigenvalue weighted by atomic mass is 19.1. The molecular weight excluding hydrogens is 449 g/mol. The van der Waals surface area contributed by atoms with E-state index < -0.39 is 5.82 Å². The van der Waals surface area contributed by atoms with E-state index in [9.17, 15) is 9.59 Å². The first-order valence-corrected chi connectivity index (χ1v) is 12.5. The number of hydrogen-bond donors (Lipinski definition) is 0. The Kier molecular flexibility index (Phi) is 6.95. The molecule has 0 amide bonds. The van der Waals surface area contributed by atoms with Gasteiger partial charge in [-0.25, -0.2) is 9.18 Å². The fraction of sp³-hybridized carbons (Fsp3) is 0.556. The van der Waals surface area contributed by atoms with Gasteiger partial charge in [0.15, 0.2) is 11.2 Å². The van der Waals surface area contributed by atoms with Crippen LogP contribution in [0.4, 0.5) is 10.1 Å². The minimum absolute atomic E-state index is 0.0495. The third kappa shape index (κ3) is 4.68. The molecule has 0 unspecified atom stereocenters. The van der Waals surface area contributed by atoms with Gasteiger partial charge in [0.25, 0.3) is 0 Å². The second kappa shape index (κ2) is 9.64. The predicted molar refractivity (Wildman–Crippen MR) is 136 cm³/mol. The zero-order chi connectivity index (χ0) is 25.6. The summed E-state index contributed by atoms with van der Waals surface area (Å²) in [6.07, 6.45) is 0. The van der Waals surface area contributed by atoms with Gasteiger partial charge in [-0.05, 0) is 44.7 Å². The summed E-state index contributed by atoms with van der Waals surface area (Å²) in [6.45, 7) is 17.3. The molecule has 1 saturated heterocycles. The third-order valence-electron chi connectivity index (χ3n) is 6.91. The molecule has 0 aliphatic carbocycles. The van der Waals surface area contributed by atoms with Crippen molar-refractivity contribution in [2.75, 3.05) is 31.1 Å². The number of benzene rings is 1. The van der Waals surface area contributed by atoms with Crippen molar-refractivity contribution >= 4 is 16.6 Å². The number of aromatic nitrogens is 1. The van der Waals surface area contributed by atoms with Gasteiger partial charge in [0.2, 0.25) is 0 Å². The molecule has 7 nitrogen and oxygen atoms in total. The van der Waals surface area contributed by atoms with Crippen molar-refractivity contribution in [1.82, 2.24) is 9.47 Å². The van der Waals surface area contributed by atoms with Gasteiger partial charge in [0.1, 0.15) is 11.6 Å². The maximum Gasteiger partial charge on any atom is 0.519 e. The van der Waals surface area contributed by atoms with E-state index in [0.717, 1.165) is 16.8 Å². The van der Waals surface area contributed by atoms with Crippen LogP contribution in [0.2, 0.25) is 0 Å². The molecule has 8 heteroatoms. The lowest BCUT2D eigenvalue weighted by Gasteiger charge is -2.36. The Labute approximate surface area is 205 Å². The Balaban J connectivity index is 1.72. The first-order valence-electron chi connectivity index (χ1n) is 12.5. The fourth-order valence-electron chi connectivity index (χ4n) is 5.27. The highest BCUT2D eigenvalue weighted by molar-refractivity contribution is 5.85. The molecular formula is C27H36FN3O4. The van der Waals surface area contributed by atoms with Gasteiger partial charge in [-0.3, -0.25) is 9.69 Å². The van der Waals surface area contributed by atoms with E-state index in [4.69, 9.17) is 8.83 Å². The van der Waals surface area contributed by atoms with Crippen molar-refractivity contribution in [2.45, 2.75) is 72.9 Å². The number of anilines is 1. The highest BCUT2D eigenvalue weighted by Gasteiger charge is 2.26. The molecule has 0 atom stereocenters. The van der Waals surface area contributed by atoms with Crippen LogP contribution >= 0.6 is 0 Å². The molecule has 3 heterocycles. The first kappa shape index (κ1) is 25.2. The molecule has 4 rings (SSSR count). The summed E-state index contributed by atoms with van der Waals surface area (Å²) in [5, 5.41) is 0.442. The Morgan fingerprint density at radius 1 is 0.943 bits per heavy atom. The molecule has 3 aromatic rings. The highest BCUT2D eigenvalue weighted by Crippen LogP contribution is 2.33. The largest absolute Gasteiger partial charge is 0.519 e. The second-order valence-corrected chi connectivity index (χ2v) is 10.4. The number of piperazine rings is 1. The standard InChI is InChI=1S/C27H36FN3O4/c1-15(2)24-25(16(3)4)31(17(5)6)21-13-22(20(28)12-19(21)26(24)32)30-10-8-29(9-11-30)14-23-18(7)34-27(33)35-23/h12-13,15-17H,8-11,14H2,1-7H3.